The largest absolute Gasteiger partial charge is 0.473 e. The lowest BCUT2D eigenvalue weighted by Gasteiger charge is -2.37. The first-order chi connectivity index (χ1) is 13.0. The van der Waals surface area contributed by atoms with Crippen LogP contribution in [-0.4, -0.2) is 4.92 Å². The van der Waals surface area contributed by atoms with Crippen molar-refractivity contribution in [2.75, 3.05) is 0 Å². The molecule has 4 nitrogen and oxygen atoms in total. The van der Waals surface area contributed by atoms with Crippen molar-refractivity contribution in [2.24, 2.45) is 0 Å². The van der Waals surface area contributed by atoms with Crippen LogP contribution in [0.5, 0.6) is 5.75 Å². The molecule has 3 aromatic carbocycles. The van der Waals surface area contributed by atoms with Gasteiger partial charge in [-0.25, -0.2) is 0 Å². The van der Waals surface area contributed by atoms with Gasteiger partial charge in [-0.15, -0.1) is 0 Å². The Bertz CT molecular complexity index is 1000. The number of ether oxygens (including phenoxy) is 1. The first-order valence-corrected chi connectivity index (χ1v) is 8.81. The van der Waals surface area contributed by atoms with Crippen LogP contribution in [0, 0.1) is 24.0 Å². The molecule has 134 valence electrons. The second-order valence-corrected chi connectivity index (χ2v) is 6.74. The number of hydrogen-bond acceptors (Lipinski definition) is 3. The number of aryl methyl sites for hydroxylation is 1. The van der Waals surface area contributed by atoms with Crippen LogP contribution >= 0.6 is 0 Å². The first-order valence-electron chi connectivity index (χ1n) is 8.81. The number of nitro groups is 1. The van der Waals surface area contributed by atoms with E-state index in [9.17, 15) is 10.1 Å². The van der Waals surface area contributed by atoms with Crippen molar-refractivity contribution >= 4 is 11.8 Å². The smallest absolute Gasteiger partial charge is 0.273 e. The van der Waals surface area contributed by atoms with E-state index in [0.29, 0.717) is 11.3 Å². The lowest BCUT2D eigenvalue weighted by atomic mass is 9.83. The molecule has 0 atom stereocenters. The molecule has 3 aromatic rings. The Morgan fingerprint density at radius 3 is 2.00 bits per heavy atom. The number of nitro benzene ring substituents is 1. The van der Waals surface area contributed by atoms with Gasteiger partial charge < -0.3 is 4.74 Å². The molecule has 0 N–H and O–H groups in total. The summed E-state index contributed by atoms with van der Waals surface area (Å²) >= 11 is 0. The summed E-state index contributed by atoms with van der Waals surface area (Å²) < 4.78 is 6.63. The summed E-state index contributed by atoms with van der Waals surface area (Å²) in [6.45, 7) is 3.62. The van der Waals surface area contributed by atoms with E-state index in [4.69, 9.17) is 4.74 Å². The standard InChI is InChI=1S/C23H19NO3/c1-16-15-21(24(25)26)17(2)20-13-14-23(27-22(16)20,18-9-5-3-6-10-18)19-11-7-4-8-12-19/h3-15H,1-2H3. The van der Waals surface area contributed by atoms with E-state index in [1.54, 1.807) is 13.0 Å². The predicted octanol–water partition coefficient (Wildman–Crippen LogP) is 5.56. The Morgan fingerprint density at radius 2 is 1.48 bits per heavy atom. The van der Waals surface area contributed by atoms with Crippen LogP contribution in [0.15, 0.2) is 72.8 Å². The quantitative estimate of drug-likeness (QED) is 0.455. The predicted molar refractivity (Wildman–Crippen MR) is 106 cm³/mol. The summed E-state index contributed by atoms with van der Waals surface area (Å²) in [6.07, 6.45) is 3.95. The molecule has 0 bridgehead atoms. The minimum Gasteiger partial charge on any atom is -0.473 e. The summed E-state index contributed by atoms with van der Waals surface area (Å²) in [5.74, 6) is 0.688. The van der Waals surface area contributed by atoms with E-state index < -0.39 is 5.60 Å². The van der Waals surface area contributed by atoms with Gasteiger partial charge in [0.2, 0.25) is 0 Å². The second kappa shape index (κ2) is 6.40. The maximum atomic E-state index is 11.4. The third-order valence-electron chi connectivity index (χ3n) is 5.09. The Hall–Kier alpha value is -3.40. The average Bonchev–Trinajstić information content (AvgIpc) is 2.71. The van der Waals surface area contributed by atoms with Crippen LogP contribution in [0.4, 0.5) is 5.69 Å². The van der Waals surface area contributed by atoms with Gasteiger partial charge in [0.15, 0.2) is 5.60 Å². The highest BCUT2D eigenvalue weighted by Gasteiger charge is 2.38. The van der Waals surface area contributed by atoms with Gasteiger partial charge in [-0.05, 0) is 25.5 Å². The van der Waals surface area contributed by atoms with E-state index in [0.717, 1.165) is 22.3 Å². The summed E-state index contributed by atoms with van der Waals surface area (Å²) in [6, 6.07) is 21.6. The summed E-state index contributed by atoms with van der Waals surface area (Å²) in [5.41, 5.74) is 3.50. The van der Waals surface area contributed by atoms with Gasteiger partial charge in [-0.3, -0.25) is 10.1 Å². The Kier molecular flexibility index (Phi) is 4.04. The van der Waals surface area contributed by atoms with E-state index in [2.05, 4.69) is 0 Å². The Labute approximate surface area is 157 Å². The van der Waals surface area contributed by atoms with Crippen LogP contribution < -0.4 is 4.74 Å². The molecule has 4 heteroatoms. The molecular weight excluding hydrogens is 338 g/mol. The van der Waals surface area contributed by atoms with E-state index in [1.807, 2.05) is 79.7 Å². The Balaban J connectivity index is 1.96. The van der Waals surface area contributed by atoms with E-state index >= 15 is 0 Å². The molecule has 0 aromatic heterocycles. The summed E-state index contributed by atoms with van der Waals surface area (Å²) in [4.78, 5) is 11.0. The zero-order valence-corrected chi connectivity index (χ0v) is 15.2. The monoisotopic (exact) mass is 357 g/mol. The lowest BCUT2D eigenvalue weighted by Crippen LogP contribution is -2.34. The number of hydrogen-bond donors (Lipinski definition) is 0. The first kappa shape index (κ1) is 17.0. The normalized spacial score (nSPS) is 14.3. The minimum absolute atomic E-state index is 0.117. The van der Waals surface area contributed by atoms with Crippen molar-refractivity contribution < 1.29 is 9.66 Å². The van der Waals surface area contributed by atoms with E-state index in [1.165, 1.54) is 0 Å². The van der Waals surface area contributed by atoms with Gasteiger partial charge in [-0.2, -0.15) is 0 Å². The van der Waals surface area contributed by atoms with Crippen LogP contribution in [0.2, 0.25) is 0 Å². The molecule has 0 saturated carbocycles. The van der Waals surface area contributed by atoms with Crippen molar-refractivity contribution in [3.63, 3.8) is 0 Å². The van der Waals surface area contributed by atoms with Crippen molar-refractivity contribution in [3.05, 3.63) is 111 Å². The van der Waals surface area contributed by atoms with Gasteiger partial charge in [-0.1, -0.05) is 66.7 Å². The number of fused-ring (bicyclic) bond motifs is 1. The number of nitrogens with zero attached hydrogens (tertiary/aromatic N) is 1. The van der Waals surface area contributed by atoms with Crippen molar-refractivity contribution in [2.45, 2.75) is 19.4 Å². The van der Waals surface area contributed by atoms with Crippen molar-refractivity contribution in [1.82, 2.24) is 0 Å². The molecule has 0 fully saturated rings. The fraction of sp³-hybridized carbons (Fsp3) is 0.130. The molecule has 1 heterocycles. The third-order valence-corrected chi connectivity index (χ3v) is 5.09. The highest BCUT2D eigenvalue weighted by molar-refractivity contribution is 5.72. The zero-order chi connectivity index (χ0) is 19.0. The van der Waals surface area contributed by atoms with Crippen LogP contribution in [0.25, 0.3) is 6.08 Å². The van der Waals surface area contributed by atoms with Crippen molar-refractivity contribution in [1.29, 1.82) is 0 Å². The van der Waals surface area contributed by atoms with Gasteiger partial charge >= 0.3 is 0 Å². The van der Waals surface area contributed by atoms with Gasteiger partial charge in [0.25, 0.3) is 5.69 Å². The molecule has 0 spiro atoms. The summed E-state index contributed by atoms with van der Waals surface area (Å²) in [7, 11) is 0. The molecule has 1 aliphatic rings. The zero-order valence-electron chi connectivity index (χ0n) is 15.2. The molecule has 27 heavy (non-hydrogen) atoms. The van der Waals surface area contributed by atoms with Crippen molar-refractivity contribution in [3.8, 4) is 5.75 Å². The van der Waals surface area contributed by atoms with Crippen LogP contribution in [0.1, 0.15) is 27.8 Å². The maximum absolute atomic E-state index is 11.4. The summed E-state index contributed by atoms with van der Waals surface area (Å²) in [5, 5.41) is 11.4. The molecule has 0 amide bonds. The molecular formula is C23H19NO3. The third kappa shape index (κ3) is 2.70. The molecule has 0 aliphatic carbocycles. The fourth-order valence-electron chi connectivity index (χ4n) is 3.67. The molecule has 1 aliphatic heterocycles. The van der Waals surface area contributed by atoms with Gasteiger partial charge in [0.05, 0.1) is 4.92 Å². The van der Waals surface area contributed by atoms with E-state index in [-0.39, 0.29) is 10.6 Å². The average molecular weight is 357 g/mol. The Morgan fingerprint density at radius 1 is 0.926 bits per heavy atom. The SMILES string of the molecule is Cc1cc([N+](=O)[O-])c(C)c2c1OC(c1ccccc1)(c1ccccc1)C=C2. The molecule has 0 saturated heterocycles. The second-order valence-electron chi connectivity index (χ2n) is 6.74. The topological polar surface area (TPSA) is 52.4 Å². The number of benzene rings is 3. The molecule has 4 rings (SSSR count). The molecule has 0 unspecified atom stereocenters. The lowest BCUT2D eigenvalue weighted by molar-refractivity contribution is -0.385. The highest BCUT2D eigenvalue weighted by atomic mass is 16.6. The van der Waals surface area contributed by atoms with Crippen LogP contribution in [0.3, 0.4) is 0 Å². The highest BCUT2D eigenvalue weighted by Crippen LogP contribution is 2.45. The maximum Gasteiger partial charge on any atom is 0.273 e. The fourth-order valence-corrected chi connectivity index (χ4v) is 3.67. The molecule has 0 radical (unpaired) electrons. The van der Waals surface area contributed by atoms with Gasteiger partial charge in [0.1, 0.15) is 5.75 Å². The van der Waals surface area contributed by atoms with Crippen LogP contribution in [-0.2, 0) is 5.60 Å². The minimum atomic E-state index is -0.775. The van der Waals surface area contributed by atoms with Gasteiger partial charge in [0, 0.05) is 28.3 Å². The number of rotatable bonds is 3.